The molecule has 4 rings (SSSR count). The van der Waals surface area contributed by atoms with Crippen molar-refractivity contribution < 1.29 is 9.21 Å². The molecule has 0 unspecified atom stereocenters. The number of hydrogen-bond acceptors (Lipinski definition) is 4. The average Bonchev–Trinajstić information content (AvgIpc) is 3.16. The zero-order valence-electron chi connectivity index (χ0n) is 14.2. The molecule has 1 aromatic heterocycles. The molecule has 2 aromatic carbocycles. The predicted octanol–water partition coefficient (Wildman–Crippen LogP) is 5.08. The van der Waals surface area contributed by atoms with E-state index in [2.05, 4.69) is 5.32 Å². The van der Waals surface area contributed by atoms with Gasteiger partial charge in [-0.2, -0.15) is 0 Å². The number of carbonyl (C=O) groups is 1. The summed E-state index contributed by atoms with van der Waals surface area (Å²) in [6.45, 7) is 0. The van der Waals surface area contributed by atoms with Crippen LogP contribution in [0, 0.1) is 0 Å². The molecule has 1 amide bonds. The fraction of sp³-hybridized carbons (Fsp3) is 0.238. The Morgan fingerprint density at radius 2 is 1.77 bits per heavy atom. The van der Waals surface area contributed by atoms with Crippen LogP contribution >= 0.6 is 11.8 Å². The van der Waals surface area contributed by atoms with E-state index in [9.17, 15) is 9.59 Å². The zero-order chi connectivity index (χ0) is 17.9. The number of anilines is 1. The number of fused-ring (bicyclic) bond motifs is 1. The van der Waals surface area contributed by atoms with Crippen molar-refractivity contribution in [3.63, 3.8) is 0 Å². The van der Waals surface area contributed by atoms with Crippen LogP contribution in [0.2, 0.25) is 0 Å². The van der Waals surface area contributed by atoms with Crippen LogP contribution in [-0.2, 0) is 0 Å². The number of para-hydroxylation sites is 1. The summed E-state index contributed by atoms with van der Waals surface area (Å²) in [6.07, 6.45) is 5.20. The minimum Gasteiger partial charge on any atom is -0.422 e. The van der Waals surface area contributed by atoms with Gasteiger partial charge in [0.05, 0.1) is 0 Å². The normalized spacial score (nSPS) is 14.6. The lowest BCUT2D eigenvalue weighted by Crippen LogP contribution is -2.20. The molecule has 0 atom stereocenters. The Morgan fingerprint density at radius 1 is 1.04 bits per heavy atom. The molecule has 0 bridgehead atoms. The largest absolute Gasteiger partial charge is 0.422 e. The van der Waals surface area contributed by atoms with Crippen LogP contribution in [-0.4, -0.2) is 11.2 Å². The number of nitrogens with one attached hydrogen (secondary N) is 1. The van der Waals surface area contributed by atoms with Crippen LogP contribution in [0.1, 0.15) is 36.0 Å². The molecule has 0 aliphatic heterocycles. The van der Waals surface area contributed by atoms with Crippen molar-refractivity contribution in [2.45, 2.75) is 35.8 Å². The number of carbonyl (C=O) groups excluding carboxylic acids is 1. The lowest BCUT2D eigenvalue weighted by Gasteiger charge is -2.10. The van der Waals surface area contributed by atoms with Crippen LogP contribution in [0.4, 0.5) is 5.69 Å². The molecule has 5 heteroatoms. The third-order valence-electron chi connectivity index (χ3n) is 4.60. The summed E-state index contributed by atoms with van der Waals surface area (Å²) in [5, 5.41) is 4.21. The van der Waals surface area contributed by atoms with Crippen molar-refractivity contribution in [2.75, 3.05) is 5.32 Å². The van der Waals surface area contributed by atoms with Gasteiger partial charge >= 0.3 is 5.63 Å². The van der Waals surface area contributed by atoms with Gasteiger partial charge < -0.3 is 9.73 Å². The van der Waals surface area contributed by atoms with Gasteiger partial charge in [-0.15, -0.1) is 11.8 Å². The quantitative estimate of drug-likeness (QED) is 0.655. The van der Waals surface area contributed by atoms with Crippen molar-refractivity contribution in [1.82, 2.24) is 0 Å². The molecule has 26 heavy (non-hydrogen) atoms. The van der Waals surface area contributed by atoms with E-state index in [1.54, 1.807) is 18.2 Å². The maximum Gasteiger partial charge on any atom is 0.349 e. The second-order valence-electron chi connectivity index (χ2n) is 6.49. The summed E-state index contributed by atoms with van der Waals surface area (Å²) in [4.78, 5) is 25.8. The van der Waals surface area contributed by atoms with Crippen molar-refractivity contribution in [2.24, 2.45) is 0 Å². The van der Waals surface area contributed by atoms with Gasteiger partial charge in [0.1, 0.15) is 11.1 Å². The minimum atomic E-state index is -0.630. The molecule has 1 heterocycles. The fourth-order valence-corrected chi connectivity index (χ4v) is 4.48. The Hall–Kier alpha value is -2.53. The maximum atomic E-state index is 12.5. The van der Waals surface area contributed by atoms with E-state index in [1.807, 2.05) is 48.2 Å². The van der Waals surface area contributed by atoms with Gasteiger partial charge in [-0.3, -0.25) is 4.79 Å². The van der Waals surface area contributed by atoms with E-state index in [1.165, 1.54) is 30.6 Å². The molecule has 0 radical (unpaired) electrons. The molecule has 0 spiro atoms. The number of thioether (sulfide) groups is 1. The molecule has 4 nitrogen and oxygen atoms in total. The molecule has 1 aliphatic rings. The van der Waals surface area contributed by atoms with Crippen molar-refractivity contribution >= 4 is 34.3 Å². The van der Waals surface area contributed by atoms with Crippen LogP contribution in [0.25, 0.3) is 11.0 Å². The van der Waals surface area contributed by atoms with Crippen LogP contribution < -0.4 is 10.9 Å². The standard InChI is InChI=1S/C21H19NO3S/c23-20(18-13-14-5-1-4-8-19(14)25-21(18)24)22-15-9-11-17(12-10-15)26-16-6-2-3-7-16/h1,4-5,8-13,16H,2-3,6-7H2,(H,22,23). The zero-order valence-corrected chi connectivity index (χ0v) is 15.1. The smallest absolute Gasteiger partial charge is 0.349 e. The van der Waals surface area contributed by atoms with E-state index in [0.29, 0.717) is 16.5 Å². The average molecular weight is 365 g/mol. The molecule has 3 aromatic rings. The highest BCUT2D eigenvalue weighted by Gasteiger charge is 2.17. The summed E-state index contributed by atoms with van der Waals surface area (Å²) in [6, 6.07) is 16.5. The number of benzene rings is 2. The van der Waals surface area contributed by atoms with Crippen molar-refractivity contribution in [3.8, 4) is 0 Å². The van der Waals surface area contributed by atoms with E-state index < -0.39 is 11.5 Å². The van der Waals surface area contributed by atoms with Gasteiger partial charge in [0.25, 0.3) is 5.91 Å². The molecule has 0 saturated heterocycles. The summed E-state index contributed by atoms with van der Waals surface area (Å²) in [7, 11) is 0. The Labute approximate surface area is 155 Å². The number of hydrogen-bond donors (Lipinski definition) is 1. The van der Waals surface area contributed by atoms with Crippen LogP contribution in [0.15, 0.2) is 68.7 Å². The monoisotopic (exact) mass is 365 g/mol. The first kappa shape index (κ1) is 16.9. The Morgan fingerprint density at radius 3 is 2.54 bits per heavy atom. The van der Waals surface area contributed by atoms with E-state index >= 15 is 0 Å². The van der Waals surface area contributed by atoms with Crippen molar-refractivity contribution in [3.05, 3.63) is 70.6 Å². The first-order valence-corrected chi connectivity index (χ1v) is 9.68. The Balaban J connectivity index is 1.49. The highest BCUT2D eigenvalue weighted by molar-refractivity contribution is 8.00. The topological polar surface area (TPSA) is 59.3 Å². The van der Waals surface area contributed by atoms with Gasteiger partial charge in [0.15, 0.2) is 0 Å². The molecule has 1 N–H and O–H groups in total. The maximum absolute atomic E-state index is 12.5. The predicted molar refractivity (Wildman–Crippen MR) is 105 cm³/mol. The minimum absolute atomic E-state index is 0.00751. The van der Waals surface area contributed by atoms with Gasteiger partial charge in [0.2, 0.25) is 0 Å². The summed E-state index contributed by atoms with van der Waals surface area (Å²) < 4.78 is 5.23. The van der Waals surface area contributed by atoms with Gasteiger partial charge in [-0.1, -0.05) is 31.0 Å². The van der Waals surface area contributed by atoms with Gasteiger partial charge in [0, 0.05) is 21.2 Å². The molecule has 1 aliphatic carbocycles. The lowest BCUT2D eigenvalue weighted by atomic mass is 10.1. The third-order valence-corrected chi connectivity index (χ3v) is 5.95. The SMILES string of the molecule is O=C(Nc1ccc(SC2CCCC2)cc1)c1cc2ccccc2oc1=O. The van der Waals surface area contributed by atoms with E-state index in [4.69, 9.17) is 4.42 Å². The third kappa shape index (κ3) is 3.68. The molecule has 132 valence electrons. The Kier molecular flexibility index (Phi) is 4.80. The van der Waals surface area contributed by atoms with E-state index in [-0.39, 0.29) is 5.56 Å². The fourth-order valence-electron chi connectivity index (χ4n) is 3.23. The Bertz CT molecular complexity index is 988. The molecular formula is C21H19NO3S. The first-order valence-electron chi connectivity index (χ1n) is 8.80. The second-order valence-corrected chi connectivity index (χ2v) is 7.86. The van der Waals surface area contributed by atoms with E-state index in [0.717, 1.165) is 5.39 Å². The van der Waals surface area contributed by atoms with Crippen LogP contribution in [0.3, 0.4) is 0 Å². The van der Waals surface area contributed by atoms with Gasteiger partial charge in [-0.05, 0) is 49.2 Å². The summed E-state index contributed by atoms with van der Waals surface area (Å²) in [5.74, 6) is -0.458. The second kappa shape index (κ2) is 7.38. The number of amides is 1. The van der Waals surface area contributed by atoms with Crippen LogP contribution in [0.5, 0.6) is 0 Å². The summed E-state index contributed by atoms with van der Waals surface area (Å²) in [5.41, 5.74) is 0.517. The highest BCUT2D eigenvalue weighted by Crippen LogP contribution is 2.34. The molecule has 1 saturated carbocycles. The molecular weight excluding hydrogens is 346 g/mol. The molecule has 1 fully saturated rings. The highest BCUT2D eigenvalue weighted by atomic mass is 32.2. The first-order chi connectivity index (χ1) is 12.7. The lowest BCUT2D eigenvalue weighted by molar-refractivity contribution is 0.102. The van der Waals surface area contributed by atoms with Gasteiger partial charge in [-0.25, -0.2) is 4.79 Å². The summed E-state index contributed by atoms with van der Waals surface area (Å²) >= 11 is 1.90. The number of rotatable bonds is 4. The van der Waals surface area contributed by atoms with Crippen molar-refractivity contribution in [1.29, 1.82) is 0 Å².